The van der Waals surface area contributed by atoms with E-state index < -0.39 is 0 Å². The van der Waals surface area contributed by atoms with E-state index in [4.69, 9.17) is 0 Å². The fourth-order valence-electron chi connectivity index (χ4n) is 4.33. The summed E-state index contributed by atoms with van der Waals surface area (Å²) in [6.07, 6.45) is 10.2. The van der Waals surface area contributed by atoms with Crippen LogP contribution in [0, 0.1) is 5.92 Å². The van der Waals surface area contributed by atoms with Gasteiger partial charge in [-0.2, -0.15) is 10.1 Å². The number of nitrogens with zero attached hydrogens (tertiary/aromatic N) is 3. The van der Waals surface area contributed by atoms with Crippen molar-refractivity contribution in [1.29, 1.82) is 0 Å². The summed E-state index contributed by atoms with van der Waals surface area (Å²) in [5, 5.41) is 7.16. The van der Waals surface area contributed by atoms with E-state index in [1.165, 1.54) is 12.8 Å². The normalized spacial score (nSPS) is 19.5. The minimum Gasteiger partial charge on any atom is -0.371 e. The van der Waals surface area contributed by atoms with Gasteiger partial charge in [0.25, 0.3) is 11.8 Å². The average Bonchev–Trinajstić information content (AvgIpc) is 3.43. The van der Waals surface area contributed by atoms with E-state index in [0.717, 1.165) is 40.3 Å². The summed E-state index contributed by atoms with van der Waals surface area (Å²) in [7, 11) is 0. The van der Waals surface area contributed by atoms with Crippen LogP contribution >= 0.6 is 0 Å². The Morgan fingerprint density at radius 1 is 0.964 bits per heavy atom. The van der Waals surface area contributed by atoms with Crippen LogP contribution in [0.3, 0.4) is 0 Å². The smallest absolute Gasteiger partial charge is 0.282 e. The van der Waals surface area contributed by atoms with Crippen molar-refractivity contribution in [1.82, 2.24) is 5.01 Å². The number of hydrogen-bond acceptors (Lipinski definition) is 4. The molecule has 0 atom stereocenters. The van der Waals surface area contributed by atoms with E-state index in [1.807, 2.05) is 55.5 Å². The quantitative estimate of drug-likeness (QED) is 0.601. The number of carbonyl (C=O) groups excluding carboxylic acids is 2. The fraction of sp³-hybridized carbons (Fsp3) is 0.261. The van der Waals surface area contributed by atoms with E-state index >= 15 is 0 Å². The average molecular weight is 371 g/mol. The minimum absolute atomic E-state index is 0.0235. The highest BCUT2D eigenvalue weighted by Crippen LogP contribution is 2.37. The Hall–Kier alpha value is -3.21. The zero-order valence-corrected chi connectivity index (χ0v) is 15.8. The Balaban J connectivity index is 1.62. The molecule has 0 unspecified atom stereocenters. The molecule has 2 aliphatic heterocycles. The van der Waals surface area contributed by atoms with Crippen LogP contribution in [0.4, 0.5) is 5.69 Å². The largest absolute Gasteiger partial charge is 0.371 e. The molecule has 1 aliphatic carbocycles. The van der Waals surface area contributed by atoms with Crippen molar-refractivity contribution in [3.63, 3.8) is 0 Å². The molecule has 2 aromatic carbocycles. The van der Waals surface area contributed by atoms with Crippen molar-refractivity contribution in [2.45, 2.75) is 19.8 Å². The first-order chi connectivity index (χ1) is 13.6. The molecule has 3 aliphatic rings. The van der Waals surface area contributed by atoms with Crippen LogP contribution in [0.15, 0.2) is 59.7 Å². The summed E-state index contributed by atoms with van der Waals surface area (Å²) >= 11 is 0. The third-order valence-corrected chi connectivity index (χ3v) is 5.80. The lowest BCUT2D eigenvalue weighted by molar-refractivity contribution is 0.0614. The van der Waals surface area contributed by atoms with E-state index in [0.29, 0.717) is 11.1 Å². The lowest BCUT2D eigenvalue weighted by Crippen LogP contribution is -2.37. The zero-order valence-electron chi connectivity index (χ0n) is 15.8. The molecule has 5 nitrogen and oxygen atoms in total. The Kier molecular flexibility index (Phi) is 3.90. The predicted octanol–water partition coefficient (Wildman–Crippen LogP) is 4.15. The molecule has 0 radical (unpaired) electrons. The second-order valence-electron chi connectivity index (χ2n) is 7.51. The molecule has 0 N–H and O–H groups in total. The molecular weight excluding hydrogens is 350 g/mol. The molecule has 140 valence electrons. The molecule has 0 spiro atoms. The fourth-order valence-corrected chi connectivity index (χ4v) is 4.33. The summed E-state index contributed by atoms with van der Waals surface area (Å²) in [5.74, 6) is -0.686. The zero-order chi connectivity index (χ0) is 19.3. The maximum Gasteiger partial charge on any atom is 0.282 e. The molecule has 28 heavy (non-hydrogen) atoms. The van der Waals surface area contributed by atoms with Crippen LogP contribution in [-0.4, -0.2) is 35.6 Å². The number of imide groups is 1. The molecule has 0 aromatic heterocycles. The van der Waals surface area contributed by atoms with E-state index in [2.05, 4.69) is 10.0 Å². The number of hydrogen-bond donors (Lipinski definition) is 0. The van der Waals surface area contributed by atoms with Crippen molar-refractivity contribution in [2.24, 2.45) is 11.0 Å². The maximum absolute atomic E-state index is 13.1. The predicted molar refractivity (Wildman–Crippen MR) is 111 cm³/mol. The van der Waals surface area contributed by atoms with E-state index in [9.17, 15) is 9.59 Å². The molecule has 5 rings (SSSR count). The van der Waals surface area contributed by atoms with Crippen molar-refractivity contribution in [3.05, 3.63) is 65.8 Å². The molecular formula is C23H21N3O2. The minimum atomic E-state index is -0.355. The Labute approximate surface area is 163 Å². The molecule has 5 heteroatoms. The Morgan fingerprint density at radius 2 is 1.64 bits per heavy atom. The Morgan fingerprint density at radius 3 is 2.36 bits per heavy atom. The highest BCUT2D eigenvalue weighted by atomic mass is 16.2. The van der Waals surface area contributed by atoms with Crippen LogP contribution in [0.2, 0.25) is 0 Å². The second kappa shape index (κ2) is 6.44. The number of benzene rings is 2. The number of amides is 2. The lowest BCUT2D eigenvalue weighted by atomic mass is 9.93. The van der Waals surface area contributed by atoms with E-state index in [1.54, 1.807) is 6.07 Å². The van der Waals surface area contributed by atoms with Gasteiger partial charge in [-0.3, -0.25) is 9.59 Å². The number of carbonyl (C=O) groups is 2. The molecule has 1 fully saturated rings. The first-order valence-corrected chi connectivity index (χ1v) is 9.75. The van der Waals surface area contributed by atoms with Crippen LogP contribution < -0.4 is 4.90 Å². The highest BCUT2D eigenvalue weighted by molar-refractivity contribution is 6.27. The van der Waals surface area contributed by atoms with Crippen molar-refractivity contribution >= 4 is 34.0 Å². The first-order valence-electron chi connectivity index (χ1n) is 9.75. The Bertz CT molecular complexity index is 1060. The monoisotopic (exact) mass is 371 g/mol. The van der Waals surface area contributed by atoms with Crippen LogP contribution in [0.5, 0.6) is 0 Å². The third-order valence-electron chi connectivity index (χ3n) is 5.80. The number of anilines is 1. The molecule has 2 amide bonds. The van der Waals surface area contributed by atoms with Crippen molar-refractivity contribution in [3.8, 4) is 0 Å². The van der Waals surface area contributed by atoms with Gasteiger partial charge in [-0.15, -0.1) is 0 Å². The lowest BCUT2D eigenvalue weighted by Gasteiger charge is -2.27. The maximum atomic E-state index is 13.1. The number of rotatable bonds is 3. The molecule has 0 bridgehead atoms. The van der Waals surface area contributed by atoms with Gasteiger partial charge >= 0.3 is 0 Å². The SMILES string of the molecule is C/C(=N\N1C(=O)c2cccc3c(N4CCCC4)ccc(c23)C1=O)C1C=CC=C1. The summed E-state index contributed by atoms with van der Waals surface area (Å²) in [6.45, 7) is 3.87. The summed E-state index contributed by atoms with van der Waals surface area (Å²) in [6, 6.07) is 9.56. The van der Waals surface area contributed by atoms with Gasteiger partial charge < -0.3 is 4.90 Å². The van der Waals surface area contributed by atoms with Gasteiger partial charge in [0.15, 0.2) is 0 Å². The van der Waals surface area contributed by atoms with Gasteiger partial charge in [0.05, 0.1) is 11.1 Å². The topological polar surface area (TPSA) is 53.0 Å². The van der Waals surface area contributed by atoms with Gasteiger partial charge in [0.2, 0.25) is 0 Å². The van der Waals surface area contributed by atoms with Crippen molar-refractivity contribution < 1.29 is 9.59 Å². The van der Waals surface area contributed by atoms with Gasteiger partial charge in [0.1, 0.15) is 0 Å². The van der Waals surface area contributed by atoms with Crippen LogP contribution in [-0.2, 0) is 0 Å². The number of hydrazone groups is 1. The first kappa shape index (κ1) is 16.9. The third kappa shape index (κ3) is 2.50. The van der Waals surface area contributed by atoms with E-state index in [-0.39, 0.29) is 17.7 Å². The highest BCUT2D eigenvalue weighted by Gasteiger charge is 2.34. The summed E-state index contributed by atoms with van der Waals surface area (Å²) < 4.78 is 0. The van der Waals surface area contributed by atoms with Gasteiger partial charge in [-0.1, -0.05) is 36.4 Å². The number of allylic oxidation sites excluding steroid dienone is 4. The van der Waals surface area contributed by atoms with Crippen LogP contribution in [0.1, 0.15) is 40.5 Å². The van der Waals surface area contributed by atoms with Gasteiger partial charge in [-0.05, 0) is 38.0 Å². The van der Waals surface area contributed by atoms with Crippen LogP contribution in [0.25, 0.3) is 10.8 Å². The molecule has 0 saturated carbocycles. The van der Waals surface area contributed by atoms with Gasteiger partial charge in [0, 0.05) is 41.2 Å². The summed E-state index contributed by atoms with van der Waals surface area (Å²) in [4.78, 5) is 28.6. The second-order valence-corrected chi connectivity index (χ2v) is 7.51. The summed E-state index contributed by atoms with van der Waals surface area (Å²) in [5.41, 5.74) is 2.91. The van der Waals surface area contributed by atoms with Crippen molar-refractivity contribution in [2.75, 3.05) is 18.0 Å². The molecule has 1 saturated heterocycles. The molecule has 2 aromatic rings. The molecule has 2 heterocycles. The van der Waals surface area contributed by atoms with Gasteiger partial charge in [-0.25, -0.2) is 0 Å². The standard InChI is InChI=1S/C23H21N3O2/c1-15(16-7-2-3-8-16)24-26-22(27)18-10-6-9-17-20(25-13-4-5-14-25)12-11-19(21(17)18)23(26)28/h2-3,6-12,16H,4-5,13-14H2,1H3/b24-15+.